The summed E-state index contributed by atoms with van der Waals surface area (Å²) >= 11 is 0. The van der Waals surface area contributed by atoms with Gasteiger partial charge in [-0.2, -0.15) is 0 Å². The van der Waals surface area contributed by atoms with E-state index in [2.05, 4.69) is 16.4 Å². The molecule has 2 N–H and O–H groups in total. The van der Waals surface area contributed by atoms with Crippen molar-refractivity contribution >= 4 is 5.91 Å². The van der Waals surface area contributed by atoms with E-state index in [9.17, 15) is 9.90 Å². The Morgan fingerprint density at radius 2 is 2.17 bits per heavy atom. The molecule has 0 saturated carbocycles. The highest BCUT2D eigenvalue weighted by Crippen LogP contribution is 2.28. The molecular formula is C18H21N3O2. The minimum absolute atomic E-state index is 0.0207. The molecule has 3 rings (SSSR count). The van der Waals surface area contributed by atoms with Crippen LogP contribution in [0.25, 0.3) is 0 Å². The van der Waals surface area contributed by atoms with Gasteiger partial charge in [0, 0.05) is 25.5 Å². The fraction of sp³-hybridized carbons (Fsp3) is 0.333. The van der Waals surface area contributed by atoms with Crippen molar-refractivity contribution in [3.05, 3.63) is 65.5 Å². The van der Waals surface area contributed by atoms with E-state index >= 15 is 0 Å². The quantitative estimate of drug-likeness (QED) is 0.873. The molecule has 1 aromatic carbocycles. The molecule has 0 bridgehead atoms. The van der Waals surface area contributed by atoms with Crippen molar-refractivity contribution in [2.75, 3.05) is 19.7 Å². The summed E-state index contributed by atoms with van der Waals surface area (Å²) in [7, 11) is 0. The largest absolute Gasteiger partial charge is 0.394 e. The Morgan fingerprint density at radius 1 is 1.30 bits per heavy atom. The van der Waals surface area contributed by atoms with Gasteiger partial charge < -0.3 is 10.4 Å². The van der Waals surface area contributed by atoms with Crippen molar-refractivity contribution in [2.45, 2.75) is 19.0 Å². The van der Waals surface area contributed by atoms with Crippen LogP contribution in [-0.2, 0) is 17.8 Å². The van der Waals surface area contributed by atoms with Gasteiger partial charge in [0.25, 0.3) is 0 Å². The van der Waals surface area contributed by atoms with Crippen molar-refractivity contribution in [1.29, 1.82) is 0 Å². The number of benzene rings is 1. The summed E-state index contributed by atoms with van der Waals surface area (Å²) < 4.78 is 0. The molecule has 2 heterocycles. The normalized spacial score (nSPS) is 17.5. The average Bonchev–Trinajstić information content (AvgIpc) is 2.60. The van der Waals surface area contributed by atoms with Gasteiger partial charge in [0.1, 0.15) is 0 Å². The van der Waals surface area contributed by atoms with Crippen LogP contribution in [0, 0.1) is 0 Å². The fourth-order valence-electron chi connectivity index (χ4n) is 3.05. The topological polar surface area (TPSA) is 65.5 Å². The van der Waals surface area contributed by atoms with E-state index in [0.717, 1.165) is 24.1 Å². The highest BCUT2D eigenvalue weighted by atomic mass is 16.3. The van der Waals surface area contributed by atoms with Gasteiger partial charge in [0.05, 0.1) is 19.2 Å². The van der Waals surface area contributed by atoms with Gasteiger partial charge in [-0.1, -0.05) is 30.3 Å². The molecule has 1 amide bonds. The van der Waals surface area contributed by atoms with Gasteiger partial charge in [-0.15, -0.1) is 0 Å². The van der Waals surface area contributed by atoms with E-state index in [4.69, 9.17) is 0 Å². The van der Waals surface area contributed by atoms with Crippen molar-refractivity contribution in [1.82, 2.24) is 15.2 Å². The van der Waals surface area contributed by atoms with Gasteiger partial charge in [-0.25, -0.2) is 0 Å². The van der Waals surface area contributed by atoms with Gasteiger partial charge in [0.2, 0.25) is 5.91 Å². The van der Waals surface area contributed by atoms with Crippen molar-refractivity contribution < 1.29 is 9.90 Å². The summed E-state index contributed by atoms with van der Waals surface area (Å²) in [5.74, 6) is -0.0355. The SMILES string of the molecule is O=C(CN1CCc2ccccc2C1CO)NCc1cccnc1. The standard InChI is InChI=1S/C18H21N3O2/c22-13-17-16-6-2-1-5-15(16)7-9-21(17)12-18(23)20-11-14-4-3-8-19-10-14/h1-6,8,10,17,22H,7,9,11-13H2,(H,20,23). The second-order valence-electron chi connectivity index (χ2n) is 5.76. The van der Waals surface area contributed by atoms with Gasteiger partial charge in [-0.05, 0) is 29.2 Å². The molecule has 1 atom stereocenters. The zero-order chi connectivity index (χ0) is 16.1. The summed E-state index contributed by atoms with van der Waals surface area (Å²) in [5, 5.41) is 12.7. The third-order valence-corrected chi connectivity index (χ3v) is 4.26. The first-order valence-corrected chi connectivity index (χ1v) is 7.86. The summed E-state index contributed by atoms with van der Waals surface area (Å²) in [5.41, 5.74) is 3.36. The van der Waals surface area contributed by atoms with E-state index in [1.807, 2.05) is 35.2 Å². The van der Waals surface area contributed by atoms with Crippen LogP contribution in [0.4, 0.5) is 0 Å². The molecule has 1 unspecified atom stereocenters. The molecular weight excluding hydrogens is 290 g/mol. The number of hydrogen-bond donors (Lipinski definition) is 2. The van der Waals surface area contributed by atoms with Crippen LogP contribution in [0.15, 0.2) is 48.8 Å². The first-order valence-electron chi connectivity index (χ1n) is 7.86. The molecule has 5 nitrogen and oxygen atoms in total. The Labute approximate surface area is 136 Å². The second-order valence-corrected chi connectivity index (χ2v) is 5.76. The number of amides is 1. The zero-order valence-electron chi connectivity index (χ0n) is 13.0. The first kappa shape index (κ1) is 15.6. The number of aliphatic hydroxyl groups is 1. The number of nitrogens with one attached hydrogen (secondary N) is 1. The number of fused-ring (bicyclic) bond motifs is 1. The number of nitrogens with zero attached hydrogens (tertiary/aromatic N) is 2. The van der Waals surface area contributed by atoms with Crippen LogP contribution in [0.3, 0.4) is 0 Å². The van der Waals surface area contributed by atoms with Crippen LogP contribution < -0.4 is 5.32 Å². The maximum atomic E-state index is 12.2. The lowest BCUT2D eigenvalue weighted by Crippen LogP contribution is -2.43. The van der Waals surface area contributed by atoms with Crippen molar-refractivity contribution in [3.63, 3.8) is 0 Å². The summed E-state index contributed by atoms with van der Waals surface area (Å²) in [4.78, 5) is 18.3. The Bertz CT molecular complexity index is 660. The molecule has 5 heteroatoms. The third kappa shape index (κ3) is 3.75. The number of aromatic nitrogens is 1. The van der Waals surface area contributed by atoms with Crippen LogP contribution >= 0.6 is 0 Å². The van der Waals surface area contributed by atoms with Crippen LogP contribution in [-0.4, -0.2) is 40.6 Å². The van der Waals surface area contributed by atoms with E-state index in [0.29, 0.717) is 13.1 Å². The molecule has 120 valence electrons. The van der Waals surface area contributed by atoms with Crippen LogP contribution in [0.5, 0.6) is 0 Å². The zero-order valence-corrected chi connectivity index (χ0v) is 13.0. The maximum Gasteiger partial charge on any atom is 0.234 e. The highest BCUT2D eigenvalue weighted by Gasteiger charge is 2.27. The van der Waals surface area contributed by atoms with Crippen LogP contribution in [0.2, 0.25) is 0 Å². The number of hydrogen-bond acceptors (Lipinski definition) is 4. The Hall–Kier alpha value is -2.24. The van der Waals surface area contributed by atoms with E-state index in [-0.39, 0.29) is 18.6 Å². The molecule has 23 heavy (non-hydrogen) atoms. The Morgan fingerprint density at radius 3 is 2.96 bits per heavy atom. The molecule has 0 fully saturated rings. The predicted molar refractivity (Wildman–Crippen MR) is 87.6 cm³/mol. The smallest absolute Gasteiger partial charge is 0.234 e. The number of carbonyl (C=O) groups excluding carboxylic acids is 1. The molecule has 2 aromatic rings. The predicted octanol–water partition coefficient (Wildman–Crippen LogP) is 1.29. The lowest BCUT2D eigenvalue weighted by Gasteiger charge is -2.35. The number of pyridine rings is 1. The first-order chi connectivity index (χ1) is 11.3. The van der Waals surface area contributed by atoms with Gasteiger partial charge >= 0.3 is 0 Å². The minimum atomic E-state index is -0.107. The van der Waals surface area contributed by atoms with Gasteiger partial charge in [-0.3, -0.25) is 14.7 Å². The van der Waals surface area contributed by atoms with Crippen molar-refractivity contribution in [3.8, 4) is 0 Å². The minimum Gasteiger partial charge on any atom is -0.394 e. The highest BCUT2D eigenvalue weighted by molar-refractivity contribution is 5.78. The lowest BCUT2D eigenvalue weighted by atomic mass is 9.93. The average molecular weight is 311 g/mol. The molecule has 1 aromatic heterocycles. The monoisotopic (exact) mass is 311 g/mol. The summed E-state index contributed by atoms with van der Waals surface area (Å²) in [6.07, 6.45) is 4.36. The maximum absolute atomic E-state index is 12.2. The second kappa shape index (κ2) is 7.35. The van der Waals surface area contributed by atoms with E-state index in [1.165, 1.54) is 5.56 Å². The molecule has 1 aliphatic rings. The van der Waals surface area contributed by atoms with E-state index < -0.39 is 0 Å². The molecule has 0 aliphatic carbocycles. The molecule has 0 radical (unpaired) electrons. The number of aliphatic hydroxyl groups excluding tert-OH is 1. The fourth-order valence-corrected chi connectivity index (χ4v) is 3.05. The van der Waals surface area contributed by atoms with Gasteiger partial charge in [0.15, 0.2) is 0 Å². The molecule has 0 saturated heterocycles. The van der Waals surface area contributed by atoms with Crippen LogP contribution in [0.1, 0.15) is 22.7 Å². The number of rotatable bonds is 5. The lowest BCUT2D eigenvalue weighted by molar-refractivity contribution is -0.123. The van der Waals surface area contributed by atoms with E-state index in [1.54, 1.807) is 12.4 Å². The Balaban J connectivity index is 1.60. The summed E-state index contributed by atoms with van der Waals surface area (Å²) in [6, 6.07) is 11.8. The van der Waals surface area contributed by atoms with Crippen molar-refractivity contribution in [2.24, 2.45) is 0 Å². The number of carbonyl (C=O) groups is 1. The third-order valence-electron chi connectivity index (χ3n) is 4.26. The molecule has 1 aliphatic heterocycles. The molecule has 0 spiro atoms. The summed E-state index contributed by atoms with van der Waals surface area (Å²) in [6.45, 7) is 1.57. The Kier molecular flexibility index (Phi) is 5.00.